The van der Waals surface area contributed by atoms with Gasteiger partial charge in [-0.25, -0.2) is 0 Å². The number of halogens is 1. The van der Waals surface area contributed by atoms with Gasteiger partial charge in [0.05, 0.1) is 12.1 Å². The van der Waals surface area contributed by atoms with Gasteiger partial charge in [0.15, 0.2) is 6.10 Å². The first kappa shape index (κ1) is 15.1. The summed E-state index contributed by atoms with van der Waals surface area (Å²) in [5, 5.41) is 13.1. The van der Waals surface area contributed by atoms with Crippen LogP contribution in [-0.4, -0.2) is 29.3 Å². The molecule has 0 saturated heterocycles. The van der Waals surface area contributed by atoms with Crippen molar-refractivity contribution in [2.75, 3.05) is 6.61 Å². The van der Waals surface area contributed by atoms with Crippen molar-refractivity contribution < 1.29 is 14.6 Å². The van der Waals surface area contributed by atoms with Crippen LogP contribution in [0.2, 0.25) is 5.02 Å². The van der Waals surface area contributed by atoms with Crippen LogP contribution in [0.15, 0.2) is 24.3 Å². The Morgan fingerprint density at radius 1 is 1.40 bits per heavy atom. The van der Waals surface area contributed by atoms with Crippen molar-refractivity contribution in [2.24, 2.45) is 0 Å². The van der Waals surface area contributed by atoms with E-state index in [-0.39, 0.29) is 12.5 Å². The van der Waals surface area contributed by atoms with Gasteiger partial charge in [0.25, 0.3) is 5.91 Å². The van der Waals surface area contributed by atoms with Crippen molar-refractivity contribution in [3.8, 4) is 5.75 Å². The highest BCUT2D eigenvalue weighted by Gasteiger charge is 2.35. The quantitative estimate of drug-likeness (QED) is 0.878. The van der Waals surface area contributed by atoms with Crippen molar-refractivity contribution in [1.82, 2.24) is 5.32 Å². The number of nitrogens with one attached hydrogen (secondary N) is 1. The summed E-state index contributed by atoms with van der Waals surface area (Å²) in [7, 11) is 0. The van der Waals surface area contributed by atoms with Crippen LogP contribution in [0.4, 0.5) is 0 Å². The van der Waals surface area contributed by atoms with Crippen LogP contribution in [0.1, 0.15) is 32.6 Å². The molecule has 1 amide bonds. The second-order valence-corrected chi connectivity index (χ2v) is 5.79. The molecular formula is C15H20ClNO3. The third-order valence-electron chi connectivity index (χ3n) is 3.75. The van der Waals surface area contributed by atoms with Crippen LogP contribution in [0.5, 0.6) is 5.75 Å². The number of hydrogen-bond acceptors (Lipinski definition) is 3. The molecule has 1 unspecified atom stereocenters. The van der Waals surface area contributed by atoms with Gasteiger partial charge in [-0.15, -0.1) is 0 Å². The molecule has 0 aromatic heterocycles. The molecule has 0 spiro atoms. The number of ether oxygens (including phenoxy) is 1. The van der Waals surface area contributed by atoms with Crippen LogP contribution in [0.3, 0.4) is 0 Å². The summed E-state index contributed by atoms with van der Waals surface area (Å²) in [6.07, 6.45) is 3.10. The van der Waals surface area contributed by atoms with E-state index in [0.29, 0.717) is 10.8 Å². The van der Waals surface area contributed by atoms with Crippen molar-refractivity contribution in [3.05, 3.63) is 29.3 Å². The summed E-state index contributed by atoms with van der Waals surface area (Å²) in [5.74, 6) is 0.400. The summed E-state index contributed by atoms with van der Waals surface area (Å²) in [4.78, 5) is 12.2. The molecule has 2 N–H and O–H groups in total. The van der Waals surface area contributed by atoms with E-state index >= 15 is 0 Å². The first-order chi connectivity index (χ1) is 9.54. The topological polar surface area (TPSA) is 58.6 Å². The van der Waals surface area contributed by atoms with E-state index in [0.717, 1.165) is 25.7 Å². The molecule has 110 valence electrons. The van der Waals surface area contributed by atoms with E-state index in [4.69, 9.17) is 16.3 Å². The fraction of sp³-hybridized carbons (Fsp3) is 0.533. The molecule has 1 saturated carbocycles. The fourth-order valence-corrected chi connectivity index (χ4v) is 2.63. The largest absolute Gasteiger partial charge is 0.481 e. The molecule has 1 aliphatic carbocycles. The Morgan fingerprint density at radius 2 is 2.00 bits per heavy atom. The van der Waals surface area contributed by atoms with Gasteiger partial charge in [0.2, 0.25) is 0 Å². The van der Waals surface area contributed by atoms with E-state index in [1.165, 1.54) is 0 Å². The predicted molar refractivity (Wildman–Crippen MR) is 78.0 cm³/mol. The fourth-order valence-electron chi connectivity index (χ4n) is 2.51. The Kier molecular flexibility index (Phi) is 4.89. The second kappa shape index (κ2) is 6.46. The van der Waals surface area contributed by atoms with Crippen LogP contribution in [0, 0.1) is 0 Å². The third-order valence-corrected chi connectivity index (χ3v) is 4.00. The molecule has 1 aromatic carbocycles. The summed E-state index contributed by atoms with van der Waals surface area (Å²) in [5.41, 5.74) is -0.464. The number of carbonyl (C=O) groups is 1. The Labute approximate surface area is 124 Å². The minimum Gasteiger partial charge on any atom is -0.481 e. The maximum atomic E-state index is 12.2. The zero-order valence-electron chi connectivity index (χ0n) is 11.6. The Hall–Kier alpha value is -1.26. The van der Waals surface area contributed by atoms with Crippen molar-refractivity contribution in [2.45, 2.75) is 44.2 Å². The Balaban J connectivity index is 1.93. The number of aliphatic hydroxyl groups is 1. The predicted octanol–water partition coefficient (Wildman–Crippen LogP) is 2.53. The van der Waals surface area contributed by atoms with Gasteiger partial charge >= 0.3 is 0 Å². The molecule has 5 heteroatoms. The first-order valence-corrected chi connectivity index (χ1v) is 7.28. The average molecular weight is 298 g/mol. The monoisotopic (exact) mass is 297 g/mol. The van der Waals surface area contributed by atoms with E-state index < -0.39 is 11.6 Å². The van der Waals surface area contributed by atoms with Gasteiger partial charge in [-0.05, 0) is 44.0 Å². The van der Waals surface area contributed by atoms with Crippen molar-refractivity contribution in [1.29, 1.82) is 0 Å². The third kappa shape index (κ3) is 3.64. The minimum absolute atomic E-state index is 0.0214. The zero-order chi connectivity index (χ0) is 14.6. The van der Waals surface area contributed by atoms with E-state index in [1.807, 2.05) is 0 Å². The molecule has 20 heavy (non-hydrogen) atoms. The highest BCUT2D eigenvalue weighted by atomic mass is 35.5. The van der Waals surface area contributed by atoms with Gasteiger partial charge in [-0.2, -0.15) is 0 Å². The van der Waals surface area contributed by atoms with E-state index in [2.05, 4.69) is 5.32 Å². The number of carbonyl (C=O) groups excluding carboxylic acids is 1. The zero-order valence-corrected chi connectivity index (χ0v) is 12.3. The summed E-state index contributed by atoms with van der Waals surface area (Å²) < 4.78 is 5.58. The lowest BCUT2D eigenvalue weighted by atomic mass is 9.98. The molecule has 2 rings (SSSR count). The van der Waals surface area contributed by atoms with Gasteiger partial charge in [0, 0.05) is 5.02 Å². The second-order valence-electron chi connectivity index (χ2n) is 5.35. The number of hydrogen-bond donors (Lipinski definition) is 2. The lowest BCUT2D eigenvalue weighted by molar-refractivity contribution is -0.129. The van der Waals surface area contributed by atoms with Gasteiger partial charge in [-0.3, -0.25) is 4.79 Å². The van der Waals surface area contributed by atoms with E-state index in [1.54, 1.807) is 31.2 Å². The van der Waals surface area contributed by atoms with Crippen molar-refractivity contribution >= 4 is 17.5 Å². The lowest BCUT2D eigenvalue weighted by Crippen LogP contribution is -2.52. The van der Waals surface area contributed by atoms with Gasteiger partial charge < -0.3 is 15.2 Å². The van der Waals surface area contributed by atoms with Crippen LogP contribution < -0.4 is 10.1 Å². The average Bonchev–Trinajstić information content (AvgIpc) is 2.90. The summed E-state index contributed by atoms with van der Waals surface area (Å²) in [6, 6.07) is 6.88. The van der Waals surface area contributed by atoms with Crippen LogP contribution >= 0.6 is 11.6 Å². The maximum absolute atomic E-state index is 12.2. The molecule has 0 heterocycles. The molecule has 4 nitrogen and oxygen atoms in total. The summed E-state index contributed by atoms with van der Waals surface area (Å²) in [6.45, 7) is 1.68. The molecule has 1 aromatic rings. The van der Waals surface area contributed by atoms with Gasteiger partial charge in [-0.1, -0.05) is 24.4 Å². The lowest BCUT2D eigenvalue weighted by Gasteiger charge is -2.29. The highest BCUT2D eigenvalue weighted by Crippen LogP contribution is 2.29. The molecule has 1 atom stereocenters. The van der Waals surface area contributed by atoms with E-state index in [9.17, 15) is 9.90 Å². The maximum Gasteiger partial charge on any atom is 0.261 e. The highest BCUT2D eigenvalue weighted by molar-refractivity contribution is 6.30. The summed E-state index contributed by atoms with van der Waals surface area (Å²) >= 11 is 5.80. The standard InChI is InChI=1S/C15H20ClNO3/c1-11(20-13-6-4-12(16)5-7-13)14(19)17-15(10-18)8-2-3-9-15/h4-7,11,18H,2-3,8-10H2,1H3,(H,17,19). The molecular weight excluding hydrogens is 278 g/mol. The van der Waals surface area contributed by atoms with Crippen molar-refractivity contribution in [3.63, 3.8) is 0 Å². The Morgan fingerprint density at radius 3 is 2.55 bits per heavy atom. The molecule has 0 radical (unpaired) electrons. The van der Waals surface area contributed by atoms with Crippen LogP contribution in [-0.2, 0) is 4.79 Å². The minimum atomic E-state index is -0.611. The number of amides is 1. The van der Waals surface area contributed by atoms with Gasteiger partial charge in [0.1, 0.15) is 5.75 Å². The van der Waals surface area contributed by atoms with Crippen LogP contribution in [0.25, 0.3) is 0 Å². The normalized spacial score (nSPS) is 18.6. The Bertz CT molecular complexity index is 455. The number of aliphatic hydroxyl groups excluding tert-OH is 1. The number of benzene rings is 1. The number of rotatable bonds is 5. The SMILES string of the molecule is CC(Oc1ccc(Cl)cc1)C(=O)NC1(CO)CCCC1. The molecule has 1 aliphatic rings. The molecule has 0 aliphatic heterocycles. The first-order valence-electron chi connectivity index (χ1n) is 6.90. The smallest absolute Gasteiger partial charge is 0.261 e. The molecule has 1 fully saturated rings. The molecule has 0 bridgehead atoms.